The van der Waals surface area contributed by atoms with Crippen molar-refractivity contribution in [2.24, 2.45) is 5.10 Å². The monoisotopic (exact) mass is 398 g/mol. The van der Waals surface area contributed by atoms with Crippen LogP contribution in [0.5, 0.6) is 5.75 Å². The molecular weight excluding hydrogens is 384 g/mol. The Morgan fingerprint density at radius 3 is 2.60 bits per heavy atom. The Balaban J connectivity index is 1.71. The lowest BCUT2D eigenvalue weighted by Crippen LogP contribution is -2.17. The van der Waals surface area contributed by atoms with Crippen molar-refractivity contribution >= 4 is 28.1 Å². The van der Waals surface area contributed by atoms with E-state index in [1.165, 1.54) is 0 Å². The Labute approximate surface area is 153 Å². The number of carbonyl (C=O) groups is 1. The summed E-state index contributed by atoms with van der Waals surface area (Å²) >= 11 is 3.33. The smallest absolute Gasteiger partial charge is 0.271 e. The van der Waals surface area contributed by atoms with Crippen LogP contribution in [-0.4, -0.2) is 29.4 Å². The number of halogens is 1. The minimum absolute atomic E-state index is 0.279. The molecule has 0 saturated heterocycles. The summed E-state index contributed by atoms with van der Waals surface area (Å²) in [6.07, 6.45) is 3.20. The van der Waals surface area contributed by atoms with E-state index in [0.29, 0.717) is 5.56 Å². The molecule has 0 bridgehead atoms. The molecule has 126 valence electrons. The van der Waals surface area contributed by atoms with E-state index in [4.69, 9.17) is 4.74 Å². The average molecular weight is 399 g/mol. The summed E-state index contributed by atoms with van der Waals surface area (Å²) in [4.78, 5) is 12.0. The largest absolute Gasteiger partial charge is 0.497 e. The van der Waals surface area contributed by atoms with Crippen molar-refractivity contribution in [2.45, 2.75) is 0 Å². The molecule has 0 radical (unpaired) electrons. The molecule has 0 atom stereocenters. The Morgan fingerprint density at radius 2 is 1.92 bits per heavy atom. The number of carbonyl (C=O) groups excluding carboxylic acids is 1. The van der Waals surface area contributed by atoms with Crippen molar-refractivity contribution in [2.75, 3.05) is 7.11 Å². The van der Waals surface area contributed by atoms with E-state index in [1.807, 2.05) is 24.3 Å². The van der Waals surface area contributed by atoms with Crippen molar-refractivity contribution in [3.8, 4) is 17.0 Å². The van der Waals surface area contributed by atoms with E-state index in [1.54, 1.807) is 43.8 Å². The summed E-state index contributed by atoms with van der Waals surface area (Å²) in [6, 6.07) is 14.6. The lowest BCUT2D eigenvalue weighted by Gasteiger charge is -2.03. The molecule has 1 heterocycles. The van der Waals surface area contributed by atoms with Crippen LogP contribution in [0.2, 0.25) is 0 Å². The van der Waals surface area contributed by atoms with Crippen LogP contribution in [0.3, 0.4) is 0 Å². The van der Waals surface area contributed by atoms with Gasteiger partial charge in [0.05, 0.1) is 25.2 Å². The van der Waals surface area contributed by atoms with E-state index in [-0.39, 0.29) is 5.91 Å². The zero-order valence-corrected chi connectivity index (χ0v) is 14.9. The van der Waals surface area contributed by atoms with Gasteiger partial charge in [-0.15, -0.1) is 0 Å². The van der Waals surface area contributed by atoms with Crippen LogP contribution >= 0.6 is 15.9 Å². The standard InChI is InChI=1S/C18H15BrN4O2/c1-25-16-8-4-12(5-9-16)17-14(10-20-22-17)11-21-23-18(24)13-2-6-15(19)7-3-13/h2-11H,1H3,(H,20,22)(H,23,24)/b21-11+. The lowest BCUT2D eigenvalue weighted by atomic mass is 10.1. The summed E-state index contributed by atoms with van der Waals surface area (Å²) in [7, 11) is 1.62. The molecule has 0 spiro atoms. The highest BCUT2D eigenvalue weighted by Gasteiger charge is 2.07. The Morgan fingerprint density at radius 1 is 1.20 bits per heavy atom. The molecule has 3 rings (SSSR count). The van der Waals surface area contributed by atoms with Crippen LogP contribution in [-0.2, 0) is 0 Å². The van der Waals surface area contributed by atoms with Gasteiger partial charge >= 0.3 is 0 Å². The molecule has 0 unspecified atom stereocenters. The van der Waals surface area contributed by atoms with Crippen molar-refractivity contribution in [3.63, 3.8) is 0 Å². The molecule has 7 heteroatoms. The number of amides is 1. The predicted octanol–water partition coefficient (Wildman–Crippen LogP) is 3.61. The number of ether oxygens (including phenoxy) is 1. The normalized spacial score (nSPS) is 10.8. The van der Waals surface area contributed by atoms with Gasteiger partial charge in [0.15, 0.2) is 0 Å². The zero-order chi connectivity index (χ0) is 17.6. The van der Waals surface area contributed by atoms with Crippen molar-refractivity contribution in [1.29, 1.82) is 0 Å². The number of nitrogens with zero attached hydrogens (tertiary/aromatic N) is 2. The first-order chi connectivity index (χ1) is 12.2. The number of aromatic amines is 1. The number of nitrogens with one attached hydrogen (secondary N) is 2. The van der Waals surface area contributed by atoms with Gasteiger partial charge in [-0.2, -0.15) is 10.2 Å². The molecule has 6 nitrogen and oxygen atoms in total. The summed E-state index contributed by atoms with van der Waals surface area (Å²) in [6.45, 7) is 0. The second-order valence-electron chi connectivity index (χ2n) is 5.13. The summed E-state index contributed by atoms with van der Waals surface area (Å²) in [5, 5.41) is 11.0. The van der Waals surface area contributed by atoms with Crippen LogP contribution in [0, 0.1) is 0 Å². The number of methoxy groups -OCH3 is 1. The molecule has 2 N–H and O–H groups in total. The van der Waals surface area contributed by atoms with E-state index in [9.17, 15) is 4.79 Å². The van der Waals surface area contributed by atoms with Crippen LogP contribution in [0.4, 0.5) is 0 Å². The second-order valence-corrected chi connectivity index (χ2v) is 6.05. The molecule has 0 fully saturated rings. The number of hydrogen-bond acceptors (Lipinski definition) is 4. The van der Waals surface area contributed by atoms with Crippen LogP contribution in [0.15, 0.2) is 64.3 Å². The lowest BCUT2D eigenvalue weighted by molar-refractivity contribution is 0.0955. The van der Waals surface area contributed by atoms with E-state index in [0.717, 1.165) is 27.0 Å². The van der Waals surface area contributed by atoms with Gasteiger partial charge in [0.1, 0.15) is 5.75 Å². The highest BCUT2D eigenvalue weighted by Crippen LogP contribution is 2.22. The first kappa shape index (κ1) is 16.9. The number of benzene rings is 2. The first-order valence-electron chi connectivity index (χ1n) is 7.44. The number of hydrazone groups is 1. The maximum atomic E-state index is 12.0. The van der Waals surface area contributed by atoms with Crippen molar-refractivity contribution in [3.05, 3.63) is 70.3 Å². The molecule has 25 heavy (non-hydrogen) atoms. The molecule has 0 aliphatic heterocycles. The van der Waals surface area contributed by atoms with Crippen LogP contribution in [0.25, 0.3) is 11.3 Å². The molecule has 3 aromatic rings. The number of hydrogen-bond donors (Lipinski definition) is 2. The Bertz CT molecular complexity index is 886. The Kier molecular flexibility index (Phi) is 5.25. The van der Waals surface area contributed by atoms with E-state index < -0.39 is 0 Å². The number of aromatic nitrogens is 2. The van der Waals surface area contributed by atoms with Crippen molar-refractivity contribution in [1.82, 2.24) is 15.6 Å². The third-order valence-corrected chi connectivity index (χ3v) is 4.05. The molecule has 1 amide bonds. The molecule has 0 saturated carbocycles. The summed E-state index contributed by atoms with van der Waals surface area (Å²) in [5.41, 5.74) is 5.56. The molecule has 0 aliphatic rings. The first-order valence-corrected chi connectivity index (χ1v) is 8.23. The highest BCUT2D eigenvalue weighted by molar-refractivity contribution is 9.10. The predicted molar refractivity (Wildman–Crippen MR) is 99.8 cm³/mol. The fourth-order valence-corrected chi connectivity index (χ4v) is 2.47. The van der Waals surface area contributed by atoms with Gasteiger partial charge in [-0.1, -0.05) is 15.9 Å². The van der Waals surface area contributed by atoms with E-state index in [2.05, 4.69) is 36.7 Å². The minimum Gasteiger partial charge on any atom is -0.497 e. The summed E-state index contributed by atoms with van der Waals surface area (Å²) in [5.74, 6) is 0.499. The van der Waals surface area contributed by atoms with Gasteiger partial charge in [-0.25, -0.2) is 5.43 Å². The van der Waals surface area contributed by atoms with Gasteiger partial charge in [0, 0.05) is 21.2 Å². The van der Waals surface area contributed by atoms with Crippen LogP contribution in [0.1, 0.15) is 15.9 Å². The molecule has 1 aromatic heterocycles. The SMILES string of the molecule is COc1ccc(-c2[nH]ncc2/C=N/NC(=O)c2ccc(Br)cc2)cc1. The summed E-state index contributed by atoms with van der Waals surface area (Å²) < 4.78 is 6.07. The molecular formula is C18H15BrN4O2. The van der Waals surface area contributed by atoms with Gasteiger partial charge in [0.25, 0.3) is 5.91 Å². The van der Waals surface area contributed by atoms with Gasteiger partial charge in [-0.3, -0.25) is 9.89 Å². The maximum Gasteiger partial charge on any atom is 0.271 e. The average Bonchev–Trinajstić information content (AvgIpc) is 3.11. The van der Waals surface area contributed by atoms with Gasteiger partial charge in [-0.05, 0) is 48.5 Å². The Hall–Kier alpha value is -2.93. The molecule has 2 aromatic carbocycles. The quantitative estimate of drug-likeness (QED) is 0.508. The van der Waals surface area contributed by atoms with E-state index >= 15 is 0 Å². The van der Waals surface area contributed by atoms with Gasteiger partial charge in [0.2, 0.25) is 0 Å². The van der Waals surface area contributed by atoms with Crippen molar-refractivity contribution < 1.29 is 9.53 Å². The third-order valence-electron chi connectivity index (χ3n) is 3.52. The zero-order valence-electron chi connectivity index (χ0n) is 13.4. The molecule has 0 aliphatic carbocycles. The third kappa shape index (κ3) is 4.13. The maximum absolute atomic E-state index is 12.0. The number of rotatable bonds is 5. The number of H-pyrrole nitrogens is 1. The fourth-order valence-electron chi connectivity index (χ4n) is 2.21. The minimum atomic E-state index is -0.279. The van der Waals surface area contributed by atoms with Crippen LogP contribution < -0.4 is 10.2 Å². The topological polar surface area (TPSA) is 79.4 Å². The second kappa shape index (κ2) is 7.76. The highest BCUT2D eigenvalue weighted by atomic mass is 79.9. The fraction of sp³-hybridized carbons (Fsp3) is 0.0556. The van der Waals surface area contributed by atoms with Gasteiger partial charge < -0.3 is 4.74 Å².